The fraction of sp³-hybridized carbons (Fsp3) is 0.647. The van der Waals surface area contributed by atoms with Crippen LogP contribution in [0.15, 0.2) is 16.8 Å². The van der Waals surface area contributed by atoms with Gasteiger partial charge in [0.15, 0.2) is 5.82 Å². The highest BCUT2D eigenvalue weighted by molar-refractivity contribution is 5.89. The Morgan fingerprint density at radius 2 is 2.12 bits per heavy atom. The first-order chi connectivity index (χ1) is 11.8. The number of aromatic nitrogens is 4. The molecule has 2 saturated carbocycles. The SMILES string of the molecule is O=C(CCCc1nc(C2CC2)no1)Nc1ccnn1C1CCCC1. The van der Waals surface area contributed by atoms with Crippen LogP contribution >= 0.6 is 0 Å². The average Bonchev–Trinajstić information content (AvgIpc) is 2.98. The predicted molar refractivity (Wildman–Crippen MR) is 87.6 cm³/mol. The monoisotopic (exact) mass is 329 g/mol. The quantitative estimate of drug-likeness (QED) is 0.843. The summed E-state index contributed by atoms with van der Waals surface area (Å²) in [6.07, 6.45) is 10.6. The zero-order valence-corrected chi connectivity index (χ0v) is 13.8. The number of hydrogen-bond acceptors (Lipinski definition) is 5. The topological polar surface area (TPSA) is 85.8 Å². The van der Waals surface area contributed by atoms with Crippen molar-refractivity contribution in [2.75, 3.05) is 5.32 Å². The molecule has 2 aromatic heterocycles. The molecule has 0 atom stereocenters. The van der Waals surface area contributed by atoms with Crippen LogP contribution in [0.5, 0.6) is 0 Å². The molecule has 0 aliphatic heterocycles. The number of amides is 1. The summed E-state index contributed by atoms with van der Waals surface area (Å²) in [4.78, 5) is 16.6. The standard InChI is InChI=1S/C17H23N5O2/c23-15(6-3-7-16-20-17(21-24-16)12-8-9-12)19-14-10-11-18-22(14)13-4-1-2-5-13/h10-13H,1-9H2,(H,19,23). The third kappa shape index (κ3) is 3.49. The van der Waals surface area contributed by atoms with Crippen molar-refractivity contribution in [3.63, 3.8) is 0 Å². The Balaban J connectivity index is 1.25. The Bertz CT molecular complexity index is 697. The maximum Gasteiger partial charge on any atom is 0.226 e. The van der Waals surface area contributed by atoms with E-state index in [4.69, 9.17) is 4.52 Å². The van der Waals surface area contributed by atoms with Crippen molar-refractivity contribution >= 4 is 11.7 Å². The molecule has 2 aliphatic carbocycles. The van der Waals surface area contributed by atoms with Crippen LogP contribution in [0.2, 0.25) is 0 Å². The molecule has 1 amide bonds. The van der Waals surface area contributed by atoms with Crippen LogP contribution in [0, 0.1) is 0 Å². The molecule has 0 unspecified atom stereocenters. The van der Waals surface area contributed by atoms with Crippen molar-refractivity contribution in [1.82, 2.24) is 19.9 Å². The largest absolute Gasteiger partial charge is 0.339 e. The van der Waals surface area contributed by atoms with Crippen LogP contribution in [0.4, 0.5) is 5.82 Å². The van der Waals surface area contributed by atoms with E-state index in [-0.39, 0.29) is 5.91 Å². The Hall–Kier alpha value is -2.18. The lowest BCUT2D eigenvalue weighted by Gasteiger charge is -2.14. The highest BCUT2D eigenvalue weighted by atomic mass is 16.5. The number of anilines is 1. The molecular formula is C17H23N5O2. The minimum absolute atomic E-state index is 0.0108. The van der Waals surface area contributed by atoms with Crippen molar-refractivity contribution in [3.05, 3.63) is 24.0 Å². The van der Waals surface area contributed by atoms with E-state index in [0.717, 1.165) is 37.3 Å². The summed E-state index contributed by atoms with van der Waals surface area (Å²) in [7, 11) is 0. The van der Waals surface area contributed by atoms with Gasteiger partial charge in [0.25, 0.3) is 0 Å². The number of nitrogens with zero attached hydrogens (tertiary/aromatic N) is 4. The number of rotatable bonds is 7. The molecule has 128 valence electrons. The predicted octanol–water partition coefficient (Wildman–Crippen LogP) is 3.22. The summed E-state index contributed by atoms with van der Waals surface area (Å²) in [5.41, 5.74) is 0. The van der Waals surface area contributed by atoms with Crippen molar-refractivity contribution < 1.29 is 9.32 Å². The van der Waals surface area contributed by atoms with Gasteiger partial charge in [0.05, 0.1) is 12.2 Å². The van der Waals surface area contributed by atoms with Gasteiger partial charge in [0.1, 0.15) is 5.82 Å². The lowest BCUT2D eigenvalue weighted by molar-refractivity contribution is -0.116. The van der Waals surface area contributed by atoms with Crippen molar-refractivity contribution in [2.45, 2.75) is 69.7 Å². The lowest BCUT2D eigenvalue weighted by Crippen LogP contribution is -2.17. The first-order valence-electron chi connectivity index (χ1n) is 8.95. The average molecular weight is 329 g/mol. The van der Waals surface area contributed by atoms with E-state index in [2.05, 4.69) is 20.6 Å². The molecule has 2 fully saturated rings. The highest BCUT2D eigenvalue weighted by Crippen LogP contribution is 2.38. The van der Waals surface area contributed by atoms with Crippen LogP contribution in [0.1, 0.15) is 75.0 Å². The van der Waals surface area contributed by atoms with E-state index in [9.17, 15) is 4.79 Å². The molecule has 2 aliphatic rings. The second kappa shape index (κ2) is 6.75. The number of hydrogen-bond donors (Lipinski definition) is 1. The first-order valence-corrected chi connectivity index (χ1v) is 8.95. The van der Waals surface area contributed by atoms with Gasteiger partial charge in [-0.2, -0.15) is 10.1 Å². The normalized spacial score (nSPS) is 18.2. The zero-order valence-electron chi connectivity index (χ0n) is 13.8. The summed E-state index contributed by atoms with van der Waals surface area (Å²) in [6, 6.07) is 2.30. The van der Waals surface area contributed by atoms with Gasteiger partial charge < -0.3 is 9.84 Å². The van der Waals surface area contributed by atoms with Crippen molar-refractivity contribution in [3.8, 4) is 0 Å². The molecule has 7 nitrogen and oxygen atoms in total. The van der Waals surface area contributed by atoms with E-state index in [1.807, 2.05) is 10.7 Å². The van der Waals surface area contributed by atoms with E-state index in [0.29, 0.717) is 37.1 Å². The summed E-state index contributed by atoms with van der Waals surface area (Å²) in [6.45, 7) is 0. The summed E-state index contributed by atoms with van der Waals surface area (Å²) in [5, 5.41) is 11.3. The fourth-order valence-corrected chi connectivity index (χ4v) is 3.34. The molecule has 7 heteroatoms. The van der Waals surface area contributed by atoms with Crippen LogP contribution in [-0.2, 0) is 11.2 Å². The molecule has 4 rings (SSSR count). The number of carbonyl (C=O) groups excluding carboxylic acids is 1. The van der Waals surface area contributed by atoms with Gasteiger partial charge in [0.2, 0.25) is 11.8 Å². The van der Waals surface area contributed by atoms with Crippen LogP contribution in [0.25, 0.3) is 0 Å². The molecule has 2 heterocycles. The van der Waals surface area contributed by atoms with Crippen LogP contribution in [-0.4, -0.2) is 25.8 Å². The van der Waals surface area contributed by atoms with Crippen LogP contribution in [0.3, 0.4) is 0 Å². The zero-order chi connectivity index (χ0) is 16.4. The Kier molecular flexibility index (Phi) is 4.32. The second-order valence-electron chi connectivity index (χ2n) is 6.82. The minimum atomic E-state index is 0.0108. The molecular weight excluding hydrogens is 306 g/mol. The van der Waals surface area contributed by atoms with Crippen molar-refractivity contribution in [1.29, 1.82) is 0 Å². The maximum absolute atomic E-state index is 12.2. The third-order valence-electron chi connectivity index (χ3n) is 4.83. The first kappa shape index (κ1) is 15.4. The Morgan fingerprint density at radius 3 is 2.92 bits per heavy atom. The number of carbonyl (C=O) groups is 1. The van der Waals surface area contributed by atoms with Gasteiger partial charge in [-0.25, -0.2) is 4.68 Å². The summed E-state index contributed by atoms with van der Waals surface area (Å²) >= 11 is 0. The second-order valence-corrected chi connectivity index (χ2v) is 6.82. The molecule has 2 aromatic rings. The van der Waals surface area contributed by atoms with Crippen LogP contribution < -0.4 is 5.32 Å². The molecule has 0 aromatic carbocycles. The van der Waals surface area contributed by atoms with E-state index in [1.165, 1.54) is 12.8 Å². The smallest absolute Gasteiger partial charge is 0.226 e. The lowest BCUT2D eigenvalue weighted by atomic mass is 10.2. The number of nitrogens with one attached hydrogen (secondary N) is 1. The van der Waals surface area contributed by atoms with Gasteiger partial charge in [0, 0.05) is 24.8 Å². The minimum Gasteiger partial charge on any atom is -0.339 e. The number of aryl methyl sites for hydroxylation is 1. The van der Waals surface area contributed by atoms with E-state index < -0.39 is 0 Å². The summed E-state index contributed by atoms with van der Waals surface area (Å²) in [5.74, 6) is 2.79. The Morgan fingerprint density at radius 1 is 1.29 bits per heavy atom. The molecule has 0 radical (unpaired) electrons. The van der Waals surface area contributed by atoms with Gasteiger partial charge in [-0.05, 0) is 32.1 Å². The van der Waals surface area contributed by atoms with Gasteiger partial charge >= 0.3 is 0 Å². The van der Waals surface area contributed by atoms with Gasteiger partial charge in [-0.15, -0.1) is 0 Å². The maximum atomic E-state index is 12.2. The fourth-order valence-electron chi connectivity index (χ4n) is 3.34. The van der Waals surface area contributed by atoms with E-state index in [1.54, 1.807) is 6.20 Å². The van der Waals surface area contributed by atoms with Gasteiger partial charge in [-0.1, -0.05) is 18.0 Å². The molecule has 1 N–H and O–H groups in total. The Labute approximate surface area is 140 Å². The van der Waals surface area contributed by atoms with Gasteiger partial charge in [-0.3, -0.25) is 4.79 Å². The molecule has 24 heavy (non-hydrogen) atoms. The highest BCUT2D eigenvalue weighted by Gasteiger charge is 2.28. The van der Waals surface area contributed by atoms with Crippen molar-refractivity contribution in [2.24, 2.45) is 0 Å². The molecule has 0 bridgehead atoms. The van der Waals surface area contributed by atoms with E-state index >= 15 is 0 Å². The molecule has 0 spiro atoms. The molecule has 0 saturated heterocycles. The third-order valence-corrected chi connectivity index (χ3v) is 4.83. The summed E-state index contributed by atoms with van der Waals surface area (Å²) < 4.78 is 7.20.